The molecule has 3 aliphatic rings. The van der Waals surface area contributed by atoms with Gasteiger partial charge in [0, 0.05) is 19.6 Å². The number of hydrogen-bond donors (Lipinski definition) is 1. The molecule has 3 fully saturated rings. The number of hydrogen-bond acceptors (Lipinski definition) is 4. The quantitative estimate of drug-likeness (QED) is 0.830. The molecule has 2 heterocycles. The van der Waals surface area contributed by atoms with Crippen LogP contribution in [0.15, 0.2) is 0 Å². The lowest BCUT2D eigenvalue weighted by Gasteiger charge is -2.47. The van der Waals surface area contributed by atoms with E-state index in [4.69, 9.17) is 4.74 Å². The zero-order valence-corrected chi connectivity index (χ0v) is 16.4. The minimum atomic E-state index is -0.671. The van der Waals surface area contributed by atoms with Crippen molar-refractivity contribution in [2.24, 2.45) is 17.8 Å². The number of ether oxygens (including phenoxy) is 1. The van der Waals surface area contributed by atoms with E-state index >= 15 is 0 Å². The van der Waals surface area contributed by atoms with Crippen LogP contribution in [-0.4, -0.2) is 64.8 Å². The largest absolute Gasteiger partial charge is 0.480 e. The molecule has 2 aliphatic heterocycles. The molecule has 2 saturated heterocycles. The summed E-state index contributed by atoms with van der Waals surface area (Å²) in [6.07, 6.45) is 6.18. The maximum atomic E-state index is 12.4. The number of amides is 1. The van der Waals surface area contributed by atoms with E-state index in [9.17, 15) is 14.7 Å². The maximum absolute atomic E-state index is 12.4. The fourth-order valence-corrected chi connectivity index (χ4v) is 5.07. The zero-order valence-electron chi connectivity index (χ0n) is 16.4. The summed E-state index contributed by atoms with van der Waals surface area (Å²) in [7, 11) is 0. The van der Waals surface area contributed by atoms with Crippen molar-refractivity contribution >= 4 is 12.1 Å². The van der Waals surface area contributed by atoms with Gasteiger partial charge in [-0.15, -0.1) is 0 Å². The van der Waals surface area contributed by atoms with Crippen molar-refractivity contribution < 1.29 is 19.4 Å². The second kappa shape index (κ2) is 7.75. The number of carboxylic acid groups (broad SMARTS) is 1. The average molecular weight is 367 g/mol. The van der Waals surface area contributed by atoms with Crippen molar-refractivity contribution in [2.45, 2.75) is 70.9 Å². The molecule has 26 heavy (non-hydrogen) atoms. The lowest BCUT2D eigenvalue weighted by Crippen LogP contribution is -2.56. The summed E-state index contributed by atoms with van der Waals surface area (Å²) >= 11 is 0. The van der Waals surface area contributed by atoms with Crippen LogP contribution in [0, 0.1) is 17.8 Å². The summed E-state index contributed by atoms with van der Waals surface area (Å²) in [6, 6.07) is -0.352. The number of rotatable bonds is 3. The third-order valence-corrected chi connectivity index (χ3v) is 6.29. The van der Waals surface area contributed by atoms with Crippen LogP contribution in [0.25, 0.3) is 0 Å². The van der Waals surface area contributed by atoms with Gasteiger partial charge in [0.15, 0.2) is 0 Å². The standard InChI is InChI=1S/C20H34N2O4/c1-20(2,3)26-19(25)22-11-9-14-8-10-21(12-16(14)13-22)17(18(23)24)15-6-4-5-7-15/h14-17H,4-13H2,1-3H3,(H,23,24)/t14?,16?,17-/m0/s1. The normalized spacial score (nSPS) is 29.3. The highest BCUT2D eigenvalue weighted by Crippen LogP contribution is 2.36. The number of aliphatic carboxylic acids is 1. The van der Waals surface area contributed by atoms with Crippen LogP contribution in [0.1, 0.15) is 59.3 Å². The summed E-state index contributed by atoms with van der Waals surface area (Å²) < 4.78 is 5.53. The van der Waals surface area contributed by atoms with E-state index in [0.29, 0.717) is 18.4 Å². The molecule has 0 spiro atoms. The molecule has 3 rings (SSSR count). The van der Waals surface area contributed by atoms with Gasteiger partial charge in [0.05, 0.1) is 0 Å². The molecular weight excluding hydrogens is 332 g/mol. The van der Waals surface area contributed by atoms with Gasteiger partial charge in [-0.2, -0.15) is 0 Å². The summed E-state index contributed by atoms with van der Waals surface area (Å²) in [6.45, 7) is 8.77. The Balaban J connectivity index is 1.63. The third-order valence-electron chi connectivity index (χ3n) is 6.29. The topological polar surface area (TPSA) is 70.1 Å². The highest BCUT2D eigenvalue weighted by Gasteiger charge is 2.42. The molecule has 0 bridgehead atoms. The predicted molar refractivity (Wildman–Crippen MR) is 99.0 cm³/mol. The van der Waals surface area contributed by atoms with Crippen molar-refractivity contribution in [3.63, 3.8) is 0 Å². The smallest absolute Gasteiger partial charge is 0.410 e. The SMILES string of the molecule is CC(C)(C)OC(=O)N1CCC2CCN([C@H](C(=O)O)C3CCCC3)CC2C1. The Labute approximate surface area is 156 Å². The lowest BCUT2D eigenvalue weighted by atomic mass is 9.79. The Bertz CT molecular complexity index is 524. The van der Waals surface area contributed by atoms with Gasteiger partial charge in [0.2, 0.25) is 0 Å². The molecule has 3 atom stereocenters. The van der Waals surface area contributed by atoms with Gasteiger partial charge in [0.1, 0.15) is 11.6 Å². The van der Waals surface area contributed by atoms with Crippen LogP contribution in [0.2, 0.25) is 0 Å². The molecule has 1 saturated carbocycles. The van der Waals surface area contributed by atoms with Gasteiger partial charge in [-0.25, -0.2) is 4.79 Å². The van der Waals surface area contributed by atoms with E-state index in [0.717, 1.165) is 58.2 Å². The predicted octanol–water partition coefficient (Wildman–Crippen LogP) is 3.21. The van der Waals surface area contributed by atoms with E-state index in [2.05, 4.69) is 4.90 Å². The van der Waals surface area contributed by atoms with Crippen molar-refractivity contribution in [3.8, 4) is 0 Å². The molecule has 1 amide bonds. The zero-order chi connectivity index (χ0) is 18.9. The molecule has 2 unspecified atom stereocenters. The highest BCUT2D eigenvalue weighted by molar-refractivity contribution is 5.74. The first-order valence-corrected chi connectivity index (χ1v) is 10.2. The summed E-state index contributed by atoms with van der Waals surface area (Å²) in [4.78, 5) is 28.4. The van der Waals surface area contributed by atoms with Gasteiger partial charge in [-0.3, -0.25) is 9.69 Å². The maximum Gasteiger partial charge on any atom is 0.410 e. The van der Waals surface area contributed by atoms with E-state index in [1.807, 2.05) is 25.7 Å². The van der Waals surface area contributed by atoms with Gasteiger partial charge in [-0.05, 0) is 70.8 Å². The second-order valence-corrected chi connectivity index (χ2v) is 9.35. The number of carbonyl (C=O) groups is 2. The Morgan fingerprint density at radius 1 is 1.00 bits per heavy atom. The Morgan fingerprint density at radius 3 is 2.27 bits per heavy atom. The first kappa shape index (κ1) is 19.5. The monoisotopic (exact) mass is 366 g/mol. The minimum Gasteiger partial charge on any atom is -0.480 e. The first-order valence-electron chi connectivity index (χ1n) is 10.2. The van der Waals surface area contributed by atoms with Gasteiger partial charge in [0.25, 0.3) is 0 Å². The van der Waals surface area contributed by atoms with Crippen molar-refractivity contribution in [2.75, 3.05) is 26.2 Å². The molecule has 148 valence electrons. The number of carbonyl (C=O) groups excluding carboxylic acids is 1. The van der Waals surface area contributed by atoms with E-state index in [1.54, 1.807) is 0 Å². The number of likely N-dealkylation sites (tertiary alicyclic amines) is 2. The fraction of sp³-hybridized carbons (Fsp3) is 0.900. The molecule has 0 aromatic carbocycles. The van der Waals surface area contributed by atoms with Crippen LogP contribution >= 0.6 is 0 Å². The van der Waals surface area contributed by atoms with Gasteiger partial charge >= 0.3 is 12.1 Å². The summed E-state index contributed by atoms with van der Waals surface area (Å²) in [5, 5.41) is 9.82. The van der Waals surface area contributed by atoms with Gasteiger partial charge in [-0.1, -0.05) is 12.8 Å². The van der Waals surface area contributed by atoms with E-state index < -0.39 is 11.6 Å². The molecule has 1 aliphatic carbocycles. The van der Waals surface area contributed by atoms with Crippen LogP contribution in [0.4, 0.5) is 4.79 Å². The van der Waals surface area contributed by atoms with Gasteiger partial charge < -0.3 is 14.7 Å². The molecular formula is C20H34N2O4. The average Bonchev–Trinajstić information content (AvgIpc) is 3.06. The molecule has 6 nitrogen and oxygen atoms in total. The summed E-state index contributed by atoms with van der Waals surface area (Å²) in [5.41, 5.74) is -0.483. The van der Waals surface area contributed by atoms with Crippen LogP contribution in [0.3, 0.4) is 0 Å². The van der Waals surface area contributed by atoms with Crippen LogP contribution < -0.4 is 0 Å². The lowest BCUT2D eigenvalue weighted by molar-refractivity contribution is -0.147. The highest BCUT2D eigenvalue weighted by atomic mass is 16.6. The van der Waals surface area contributed by atoms with Crippen LogP contribution in [-0.2, 0) is 9.53 Å². The van der Waals surface area contributed by atoms with E-state index in [-0.39, 0.29) is 18.1 Å². The van der Waals surface area contributed by atoms with E-state index in [1.165, 1.54) is 0 Å². The molecule has 6 heteroatoms. The number of carboxylic acids is 1. The fourth-order valence-electron chi connectivity index (χ4n) is 5.07. The molecule has 0 aromatic rings. The Kier molecular flexibility index (Phi) is 5.80. The molecule has 0 radical (unpaired) electrons. The van der Waals surface area contributed by atoms with Crippen LogP contribution in [0.5, 0.6) is 0 Å². The Hall–Kier alpha value is -1.30. The number of piperidine rings is 2. The number of fused-ring (bicyclic) bond motifs is 1. The third kappa shape index (κ3) is 4.51. The summed E-state index contributed by atoms with van der Waals surface area (Å²) in [5.74, 6) is 0.570. The number of nitrogens with zero attached hydrogens (tertiary/aromatic N) is 2. The van der Waals surface area contributed by atoms with Crippen molar-refractivity contribution in [3.05, 3.63) is 0 Å². The van der Waals surface area contributed by atoms with Crippen molar-refractivity contribution in [1.82, 2.24) is 9.80 Å². The van der Waals surface area contributed by atoms with Crippen molar-refractivity contribution in [1.29, 1.82) is 0 Å². The molecule has 0 aromatic heterocycles. The minimum absolute atomic E-state index is 0.237. The first-order chi connectivity index (χ1) is 12.2. The molecule has 1 N–H and O–H groups in total. The second-order valence-electron chi connectivity index (χ2n) is 9.35. The Morgan fingerprint density at radius 2 is 1.65 bits per heavy atom.